The largest absolute Gasteiger partial charge is 0.404 e. The highest BCUT2D eigenvalue weighted by Gasteiger charge is 2.27. The minimum Gasteiger partial charge on any atom is -0.404 e. The molecule has 1 aromatic heterocycles. The lowest BCUT2D eigenvalue weighted by atomic mass is 10.2. The number of carbonyl (C=O) groups excluding carboxylic acids is 1. The second-order valence-corrected chi connectivity index (χ2v) is 2.25. The van der Waals surface area contributed by atoms with E-state index < -0.39 is 17.6 Å². The number of alkyl halides is 3. The van der Waals surface area contributed by atoms with E-state index in [0.717, 1.165) is 0 Å². The lowest BCUT2D eigenvalue weighted by Gasteiger charge is -2.11. The lowest BCUT2D eigenvalue weighted by molar-refractivity contribution is -0.137. The molecule has 3 nitrogen and oxygen atoms in total. The molecule has 1 rings (SSSR count). The van der Waals surface area contributed by atoms with Gasteiger partial charge in [-0.05, 0) is 18.0 Å². The standard InChI is InChI=1S/C7H4F3N2O/c8-7(9,10)5-1-4(6(11)13)2-12-3-5/h1,3H,(H2,11,13)/q-1. The van der Waals surface area contributed by atoms with Gasteiger partial charge in [0, 0.05) is 0 Å². The van der Waals surface area contributed by atoms with Gasteiger partial charge in [0.25, 0.3) is 0 Å². The molecule has 0 bridgehead atoms. The number of hydrogen-bond acceptors (Lipinski definition) is 2. The molecule has 0 saturated carbocycles. The normalized spacial score (nSPS) is 11.3. The van der Waals surface area contributed by atoms with Gasteiger partial charge in [0.05, 0.1) is 0 Å². The second kappa shape index (κ2) is 3.04. The van der Waals surface area contributed by atoms with Gasteiger partial charge in [0.2, 0.25) is 0 Å². The quantitative estimate of drug-likeness (QED) is 0.670. The van der Waals surface area contributed by atoms with E-state index in [4.69, 9.17) is 5.73 Å². The van der Waals surface area contributed by atoms with Gasteiger partial charge in [-0.15, -0.1) is 6.07 Å². The average Bonchev–Trinajstić information content (AvgIpc) is 2.03. The van der Waals surface area contributed by atoms with Crippen molar-refractivity contribution >= 4 is 5.91 Å². The van der Waals surface area contributed by atoms with Crippen molar-refractivity contribution in [2.24, 2.45) is 5.73 Å². The van der Waals surface area contributed by atoms with Crippen molar-refractivity contribution < 1.29 is 18.0 Å². The lowest BCUT2D eigenvalue weighted by Crippen LogP contribution is -2.14. The number of amides is 1. The van der Waals surface area contributed by atoms with Gasteiger partial charge in [0.1, 0.15) is 0 Å². The Kier molecular flexibility index (Phi) is 2.22. The number of primary amides is 1. The Morgan fingerprint density at radius 1 is 1.54 bits per heavy atom. The first kappa shape index (κ1) is 9.50. The maximum Gasteiger partial charge on any atom is 0.401 e. The number of carbonyl (C=O) groups is 1. The highest BCUT2D eigenvalue weighted by molar-refractivity contribution is 5.92. The first-order valence-electron chi connectivity index (χ1n) is 3.16. The summed E-state index contributed by atoms with van der Waals surface area (Å²) < 4.78 is 36.1. The third-order valence-corrected chi connectivity index (χ3v) is 1.28. The van der Waals surface area contributed by atoms with Crippen LogP contribution >= 0.6 is 0 Å². The monoisotopic (exact) mass is 189 g/mol. The van der Waals surface area contributed by atoms with Crippen LogP contribution in [-0.2, 0) is 6.18 Å². The molecule has 2 N–H and O–H groups in total. The molecule has 70 valence electrons. The predicted molar refractivity (Wildman–Crippen MR) is 36.6 cm³/mol. The van der Waals surface area contributed by atoms with Gasteiger partial charge in [-0.3, -0.25) is 0 Å². The number of rotatable bonds is 1. The van der Waals surface area contributed by atoms with Crippen molar-refractivity contribution in [3.63, 3.8) is 0 Å². The zero-order chi connectivity index (χ0) is 10.1. The molecule has 0 aliphatic heterocycles. The van der Waals surface area contributed by atoms with Gasteiger partial charge in [-0.2, -0.15) is 13.2 Å². The van der Waals surface area contributed by atoms with E-state index in [1.807, 2.05) is 0 Å². The Bertz CT molecular complexity index is 335. The Morgan fingerprint density at radius 3 is 2.62 bits per heavy atom. The number of pyridine rings is 1. The fraction of sp³-hybridized carbons (Fsp3) is 0.143. The van der Waals surface area contributed by atoms with Crippen molar-refractivity contribution in [2.45, 2.75) is 6.18 Å². The van der Waals surface area contributed by atoms with Crippen molar-refractivity contribution in [3.05, 3.63) is 29.6 Å². The van der Waals surface area contributed by atoms with E-state index in [1.54, 1.807) is 0 Å². The van der Waals surface area contributed by atoms with Gasteiger partial charge < -0.3 is 15.5 Å². The van der Waals surface area contributed by atoms with E-state index >= 15 is 0 Å². The number of nitrogens with zero attached hydrogens (tertiary/aromatic N) is 1. The highest BCUT2D eigenvalue weighted by Crippen LogP contribution is 2.28. The van der Waals surface area contributed by atoms with Gasteiger partial charge in [0.15, 0.2) is 5.91 Å². The summed E-state index contributed by atoms with van der Waals surface area (Å²) in [6.07, 6.45) is -1.89. The zero-order valence-corrected chi connectivity index (χ0v) is 6.22. The van der Waals surface area contributed by atoms with Crippen LogP contribution in [0.2, 0.25) is 0 Å². The molecule has 13 heavy (non-hydrogen) atoms. The van der Waals surface area contributed by atoms with Crippen LogP contribution in [0.25, 0.3) is 0 Å². The minimum absolute atomic E-state index is 0.380. The Morgan fingerprint density at radius 2 is 2.15 bits per heavy atom. The van der Waals surface area contributed by atoms with Crippen molar-refractivity contribution in [1.29, 1.82) is 0 Å². The Labute approximate surface area is 71.4 Å². The summed E-state index contributed by atoms with van der Waals surface area (Å²) in [5.41, 5.74) is 3.35. The SMILES string of the molecule is NC(=O)c1[c-]ncc(C(F)(F)F)c1. The van der Waals surface area contributed by atoms with E-state index in [-0.39, 0.29) is 5.56 Å². The molecular formula is C7H4F3N2O-. The summed E-state index contributed by atoms with van der Waals surface area (Å²) in [5, 5.41) is 0. The van der Waals surface area contributed by atoms with Crippen molar-refractivity contribution in [3.8, 4) is 0 Å². The number of halogens is 3. The van der Waals surface area contributed by atoms with Gasteiger partial charge in [-0.25, -0.2) is 0 Å². The van der Waals surface area contributed by atoms with E-state index in [1.165, 1.54) is 0 Å². The smallest absolute Gasteiger partial charge is 0.401 e. The van der Waals surface area contributed by atoms with Crippen LogP contribution in [0.1, 0.15) is 15.9 Å². The molecule has 0 aliphatic rings. The summed E-state index contributed by atoms with van der Waals surface area (Å²) in [5.74, 6) is -0.987. The zero-order valence-electron chi connectivity index (χ0n) is 6.22. The highest BCUT2D eigenvalue weighted by atomic mass is 19.4. The molecule has 0 unspecified atom stereocenters. The van der Waals surface area contributed by atoms with Crippen LogP contribution in [0.5, 0.6) is 0 Å². The van der Waals surface area contributed by atoms with E-state index in [9.17, 15) is 18.0 Å². The molecule has 0 radical (unpaired) electrons. The third kappa shape index (κ3) is 2.17. The van der Waals surface area contributed by atoms with Gasteiger partial charge in [-0.1, -0.05) is 5.56 Å². The summed E-state index contributed by atoms with van der Waals surface area (Å²) in [6.45, 7) is 0. The summed E-state index contributed by atoms with van der Waals surface area (Å²) in [4.78, 5) is 13.6. The van der Waals surface area contributed by atoms with E-state index in [0.29, 0.717) is 12.3 Å². The van der Waals surface area contributed by atoms with Gasteiger partial charge >= 0.3 is 6.18 Å². The second-order valence-electron chi connectivity index (χ2n) is 2.25. The summed E-state index contributed by atoms with van der Waals surface area (Å²) in [6, 6.07) is 0.606. The minimum atomic E-state index is -4.52. The first-order valence-corrected chi connectivity index (χ1v) is 3.16. The molecule has 0 atom stereocenters. The summed E-state index contributed by atoms with van der Waals surface area (Å²) >= 11 is 0. The molecule has 0 fully saturated rings. The topological polar surface area (TPSA) is 56.0 Å². The molecule has 6 heteroatoms. The fourth-order valence-electron chi connectivity index (χ4n) is 0.678. The van der Waals surface area contributed by atoms with Crippen molar-refractivity contribution in [1.82, 2.24) is 4.98 Å². The fourth-order valence-corrected chi connectivity index (χ4v) is 0.678. The number of hydrogen-bond donors (Lipinski definition) is 1. The third-order valence-electron chi connectivity index (χ3n) is 1.28. The average molecular weight is 189 g/mol. The molecule has 1 aromatic rings. The van der Waals surface area contributed by atoms with Crippen LogP contribution in [0, 0.1) is 6.20 Å². The molecule has 0 saturated heterocycles. The summed E-state index contributed by atoms with van der Waals surface area (Å²) in [7, 11) is 0. The molecular weight excluding hydrogens is 185 g/mol. The first-order chi connectivity index (χ1) is 5.91. The van der Waals surface area contributed by atoms with Crippen LogP contribution in [0.3, 0.4) is 0 Å². The number of nitrogens with two attached hydrogens (primary N) is 1. The maximum absolute atomic E-state index is 12.0. The Balaban J connectivity index is 3.13. The van der Waals surface area contributed by atoms with Crippen LogP contribution in [0.4, 0.5) is 13.2 Å². The Hall–Kier alpha value is -1.59. The molecule has 0 spiro atoms. The molecule has 0 aliphatic carbocycles. The van der Waals surface area contributed by atoms with Crippen molar-refractivity contribution in [2.75, 3.05) is 0 Å². The van der Waals surface area contributed by atoms with Crippen LogP contribution in [0.15, 0.2) is 12.3 Å². The number of aromatic nitrogens is 1. The molecule has 1 amide bonds. The van der Waals surface area contributed by atoms with Crippen LogP contribution in [-0.4, -0.2) is 10.9 Å². The molecule has 0 aromatic carbocycles. The van der Waals surface area contributed by atoms with E-state index in [2.05, 4.69) is 11.2 Å². The predicted octanol–water partition coefficient (Wildman–Crippen LogP) is 0.999. The molecule has 1 heterocycles. The maximum atomic E-state index is 12.0. The van der Waals surface area contributed by atoms with Crippen LogP contribution < -0.4 is 5.73 Å².